The van der Waals surface area contributed by atoms with Crippen molar-refractivity contribution in [3.63, 3.8) is 0 Å². The first-order valence-electron chi connectivity index (χ1n) is 6.49. The van der Waals surface area contributed by atoms with Gasteiger partial charge >= 0.3 is 0 Å². The first-order chi connectivity index (χ1) is 9.52. The summed E-state index contributed by atoms with van der Waals surface area (Å²) >= 11 is 6.13. The Kier molecular flexibility index (Phi) is 4.76. The Hall–Kier alpha value is -1.42. The fourth-order valence-corrected chi connectivity index (χ4v) is 2.74. The third-order valence-corrected chi connectivity index (χ3v) is 3.89. The molecule has 0 spiro atoms. The van der Waals surface area contributed by atoms with Crippen LogP contribution in [0.15, 0.2) is 36.4 Å². The number of nitrogens with one attached hydrogen (secondary N) is 1. The molecule has 0 saturated heterocycles. The Labute approximate surface area is 123 Å². The Morgan fingerprint density at radius 3 is 2.45 bits per heavy atom. The molecule has 2 rings (SSSR count). The third kappa shape index (κ3) is 3.18. The lowest BCUT2D eigenvalue weighted by atomic mass is 9.92. The number of halogens is 2. The minimum absolute atomic E-state index is 0.101. The number of nitrogens with two attached hydrogens (primary N) is 1. The lowest BCUT2D eigenvalue weighted by Gasteiger charge is -2.21. The first kappa shape index (κ1) is 15.0. The van der Waals surface area contributed by atoms with E-state index in [1.807, 2.05) is 32.0 Å². The second kappa shape index (κ2) is 6.35. The van der Waals surface area contributed by atoms with Crippen LogP contribution in [0.25, 0.3) is 0 Å². The van der Waals surface area contributed by atoms with Crippen molar-refractivity contribution in [3.8, 4) is 0 Å². The molecule has 0 heterocycles. The number of aryl methyl sites for hydroxylation is 2. The highest BCUT2D eigenvalue weighted by atomic mass is 35.5. The summed E-state index contributed by atoms with van der Waals surface area (Å²) in [4.78, 5) is 0. The smallest absolute Gasteiger partial charge is 0.123 e. The van der Waals surface area contributed by atoms with Gasteiger partial charge in [-0.05, 0) is 60.7 Å². The maximum Gasteiger partial charge on any atom is 0.123 e. The highest BCUT2D eigenvalue weighted by Gasteiger charge is 2.17. The van der Waals surface area contributed by atoms with Gasteiger partial charge in [-0.15, -0.1) is 0 Å². The maximum atomic E-state index is 13.4. The van der Waals surface area contributed by atoms with Crippen molar-refractivity contribution in [1.29, 1.82) is 0 Å². The molecule has 0 radical (unpaired) electrons. The zero-order valence-electron chi connectivity index (χ0n) is 11.6. The van der Waals surface area contributed by atoms with E-state index in [0.29, 0.717) is 11.4 Å². The van der Waals surface area contributed by atoms with E-state index < -0.39 is 0 Å². The Morgan fingerprint density at radius 1 is 1.20 bits per heavy atom. The van der Waals surface area contributed by atoms with Crippen molar-refractivity contribution in [1.82, 2.24) is 5.43 Å². The van der Waals surface area contributed by atoms with Crippen LogP contribution in [0.1, 0.15) is 28.3 Å². The van der Waals surface area contributed by atoms with Crippen LogP contribution in [-0.2, 0) is 6.42 Å². The van der Waals surface area contributed by atoms with Gasteiger partial charge in [0.05, 0.1) is 6.04 Å². The van der Waals surface area contributed by atoms with Crippen LogP contribution in [0.2, 0.25) is 5.02 Å². The van der Waals surface area contributed by atoms with E-state index >= 15 is 0 Å². The molecule has 0 aliphatic heterocycles. The van der Waals surface area contributed by atoms with E-state index in [9.17, 15) is 4.39 Å². The van der Waals surface area contributed by atoms with Gasteiger partial charge in [-0.25, -0.2) is 4.39 Å². The molecule has 0 aliphatic rings. The van der Waals surface area contributed by atoms with E-state index in [0.717, 1.165) is 22.3 Å². The molecular formula is C16H18ClFN2. The average Bonchev–Trinajstić information content (AvgIpc) is 2.41. The molecule has 106 valence electrons. The molecule has 1 unspecified atom stereocenters. The predicted molar refractivity (Wildman–Crippen MR) is 81.1 cm³/mol. The zero-order chi connectivity index (χ0) is 14.7. The molecular weight excluding hydrogens is 275 g/mol. The standard InChI is InChI=1S/C16H18ClFN2/c1-10-4-3-5-11(2)16(10)15(20-19)9-12-8-13(18)6-7-14(12)17/h3-8,15,20H,9,19H2,1-2H3. The van der Waals surface area contributed by atoms with Gasteiger partial charge in [0.25, 0.3) is 0 Å². The summed E-state index contributed by atoms with van der Waals surface area (Å²) in [6.45, 7) is 4.08. The molecule has 20 heavy (non-hydrogen) atoms. The number of hydrogen-bond acceptors (Lipinski definition) is 2. The van der Waals surface area contributed by atoms with E-state index in [-0.39, 0.29) is 11.9 Å². The van der Waals surface area contributed by atoms with Crippen molar-refractivity contribution in [2.75, 3.05) is 0 Å². The van der Waals surface area contributed by atoms with Crippen LogP contribution in [0, 0.1) is 19.7 Å². The van der Waals surface area contributed by atoms with Crippen molar-refractivity contribution >= 4 is 11.6 Å². The maximum absolute atomic E-state index is 13.4. The fraction of sp³-hybridized carbons (Fsp3) is 0.250. The largest absolute Gasteiger partial charge is 0.271 e. The van der Waals surface area contributed by atoms with E-state index in [1.54, 1.807) is 6.07 Å². The minimum atomic E-state index is -0.290. The van der Waals surface area contributed by atoms with Gasteiger partial charge in [-0.1, -0.05) is 29.8 Å². The van der Waals surface area contributed by atoms with Crippen LogP contribution in [0.3, 0.4) is 0 Å². The topological polar surface area (TPSA) is 38.0 Å². The van der Waals surface area contributed by atoms with Gasteiger partial charge in [-0.2, -0.15) is 0 Å². The second-order valence-electron chi connectivity index (χ2n) is 4.96. The first-order valence-corrected chi connectivity index (χ1v) is 6.87. The minimum Gasteiger partial charge on any atom is -0.271 e. The summed E-state index contributed by atoms with van der Waals surface area (Å²) in [6, 6.07) is 10.4. The molecule has 0 amide bonds. The normalized spacial score (nSPS) is 12.4. The van der Waals surface area contributed by atoms with Gasteiger partial charge in [0, 0.05) is 5.02 Å². The van der Waals surface area contributed by atoms with Crippen molar-refractivity contribution in [2.45, 2.75) is 26.3 Å². The molecule has 0 aromatic heterocycles. The molecule has 0 saturated carbocycles. The van der Waals surface area contributed by atoms with Gasteiger partial charge in [0.2, 0.25) is 0 Å². The third-order valence-electron chi connectivity index (χ3n) is 3.52. The lowest BCUT2D eigenvalue weighted by Crippen LogP contribution is -2.30. The summed E-state index contributed by atoms with van der Waals surface area (Å²) in [7, 11) is 0. The number of benzene rings is 2. The monoisotopic (exact) mass is 292 g/mol. The summed E-state index contributed by atoms with van der Waals surface area (Å²) in [5.41, 5.74) is 7.00. The van der Waals surface area contributed by atoms with Gasteiger partial charge in [-0.3, -0.25) is 11.3 Å². The lowest BCUT2D eigenvalue weighted by molar-refractivity contribution is 0.544. The molecule has 2 aromatic carbocycles. The fourth-order valence-electron chi connectivity index (χ4n) is 2.54. The molecule has 2 nitrogen and oxygen atoms in total. The second-order valence-corrected chi connectivity index (χ2v) is 5.37. The van der Waals surface area contributed by atoms with Crippen LogP contribution in [-0.4, -0.2) is 0 Å². The molecule has 0 bridgehead atoms. The van der Waals surface area contributed by atoms with Crippen LogP contribution < -0.4 is 11.3 Å². The van der Waals surface area contributed by atoms with Crippen LogP contribution in [0.4, 0.5) is 4.39 Å². The summed E-state index contributed by atoms with van der Waals surface area (Å²) in [5.74, 6) is 5.40. The van der Waals surface area contributed by atoms with E-state index in [4.69, 9.17) is 17.4 Å². The predicted octanol–water partition coefficient (Wildman–Crippen LogP) is 3.84. The summed E-state index contributed by atoms with van der Waals surface area (Å²) in [5, 5.41) is 0.554. The quantitative estimate of drug-likeness (QED) is 0.664. The molecule has 1 atom stereocenters. The van der Waals surface area contributed by atoms with Crippen LogP contribution in [0.5, 0.6) is 0 Å². The Morgan fingerprint density at radius 2 is 1.85 bits per heavy atom. The average molecular weight is 293 g/mol. The highest BCUT2D eigenvalue weighted by Crippen LogP contribution is 2.27. The zero-order valence-corrected chi connectivity index (χ0v) is 12.3. The van der Waals surface area contributed by atoms with Gasteiger partial charge in [0.15, 0.2) is 0 Å². The van der Waals surface area contributed by atoms with Gasteiger partial charge < -0.3 is 0 Å². The van der Waals surface area contributed by atoms with E-state index in [1.165, 1.54) is 12.1 Å². The highest BCUT2D eigenvalue weighted by molar-refractivity contribution is 6.31. The van der Waals surface area contributed by atoms with Crippen LogP contribution >= 0.6 is 11.6 Å². The van der Waals surface area contributed by atoms with Gasteiger partial charge in [0.1, 0.15) is 5.82 Å². The number of rotatable bonds is 4. The van der Waals surface area contributed by atoms with Crippen molar-refractivity contribution in [2.24, 2.45) is 5.84 Å². The van der Waals surface area contributed by atoms with E-state index in [2.05, 4.69) is 5.43 Å². The molecule has 4 heteroatoms. The summed E-state index contributed by atoms with van der Waals surface area (Å²) in [6.07, 6.45) is 0.540. The molecule has 0 fully saturated rings. The van der Waals surface area contributed by atoms with Crippen molar-refractivity contribution in [3.05, 3.63) is 69.5 Å². The molecule has 2 aromatic rings. The number of hydrazine groups is 1. The SMILES string of the molecule is Cc1cccc(C)c1C(Cc1cc(F)ccc1Cl)NN. The Balaban J connectivity index is 2.36. The summed E-state index contributed by atoms with van der Waals surface area (Å²) < 4.78 is 13.4. The molecule has 3 N–H and O–H groups in total. The van der Waals surface area contributed by atoms with Crippen molar-refractivity contribution < 1.29 is 4.39 Å². The molecule has 0 aliphatic carbocycles. The Bertz CT molecular complexity index is 593. The number of hydrogen-bond donors (Lipinski definition) is 2.